The summed E-state index contributed by atoms with van der Waals surface area (Å²) < 4.78 is 5.55. The van der Waals surface area contributed by atoms with E-state index >= 15 is 0 Å². The number of piperidine rings is 1. The third-order valence-electron chi connectivity index (χ3n) is 8.63. The largest absolute Gasteiger partial charge is 0.497 e. The van der Waals surface area contributed by atoms with Crippen LogP contribution in [0.3, 0.4) is 0 Å². The number of benzene rings is 2. The molecular formula is C27H33N3O4. The van der Waals surface area contributed by atoms with Gasteiger partial charge in [0.15, 0.2) is 0 Å². The van der Waals surface area contributed by atoms with E-state index < -0.39 is 22.6 Å². The molecule has 0 bridgehead atoms. The van der Waals surface area contributed by atoms with E-state index in [9.17, 15) is 14.7 Å². The summed E-state index contributed by atoms with van der Waals surface area (Å²) in [5, 5.41) is 17.9. The molecule has 0 radical (unpaired) electrons. The maximum atomic E-state index is 13.0. The van der Waals surface area contributed by atoms with Gasteiger partial charge < -0.3 is 15.2 Å². The van der Waals surface area contributed by atoms with Crippen molar-refractivity contribution in [2.24, 2.45) is 0 Å². The summed E-state index contributed by atoms with van der Waals surface area (Å²) in [6.45, 7) is 5.65. The van der Waals surface area contributed by atoms with Crippen LogP contribution in [-0.4, -0.2) is 52.8 Å². The molecule has 1 spiro atoms. The Bertz CT molecular complexity index is 1120. The molecule has 7 nitrogen and oxygen atoms in total. The lowest BCUT2D eigenvalue weighted by atomic mass is 9.49. The molecule has 1 saturated carbocycles. The molecule has 3 fully saturated rings. The second-order valence-corrected chi connectivity index (χ2v) is 10.2. The summed E-state index contributed by atoms with van der Waals surface area (Å²) in [6.07, 6.45) is 1.82. The predicted octanol–water partition coefficient (Wildman–Crippen LogP) is 3.03. The Kier molecular flexibility index (Phi) is 5.45. The summed E-state index contributed by atoms with van der Waals surface area (Å²) in [7, 11) is 1.64. The van der Waals surface area contributed by atoms with Gasteiger partial charge in [-0.05, 0) is 74.9 Å². The van der Waals surface area contributed by atoms with Gasteiger partial charge in [-0.15, -0.1) is 0 Å². The van der Waals surface area contributed by atoms with Gasteiger partial charge in [0.05, 0.1) is 12.7 Å². The molecule has 2 aromatic carbocycles. The Balaban J connectivity index is 1.60. The SMILES string of the molecule is COc1ccc(C)c([C@]23CCN(Cc4ccccc4)C(C)C2(O)CC[C@@]2(C3)NC(=O)NC2=O)c1. The predicted molar refractivity (Wildman–Crippen MR) is 129 cm³/mol. The fraction of sp³-hybridized carbons (Fsp3) is 0.481. The number of aryl methyl sites for hydroxylation is 1. The Morgan fingerprint density at radius 3 is 2.56 bits per heavy atom. The van der Waals surface area contributed by atoms with Crippen LogP contribution in [-0.2, 0) is 16.8 Å². The maximum absolute atomic E-state index is 13.0. The summed E-state index contributed by atoms with van der Waals surface area (Å²) in [5.74, 6) is 0.426. The lowest BCUT2D eigenvalue weighted by Gasteiger charge is -2.62. The number of carbonyl (C=O) groups is 2. The number of hydrogen-bond donors (Lipinski definition) is 3. The fourth-order valence-corrected chi connectivity index (χ4v) is 6.71. The number of fused-ring (bicyclic) bond motifs is 1. The van der Waals surface area contributed by atoms with Gasteiger partial charge in [-0.1, -0.05) is 36.4 Å². The van der Waals surface area contributed by atoms with E-state index in [1.54, 1.807) is 7.11 Å². The van der Waals surface area contributed by atoms with Crippen LogP contribution in [0.25, 0.3) is 0 Å². The van der Waals surface area contributed by atoms with E-state index in [2.05, 4.69) is 34.6 Å². The Hall–Kier alpha value is -2.90. The van der Waals surface area contributed by atoms with Crippen molar-refractivity contribution in [1.29, 1.82) is 0 Å². The van der Waals surface area contributed by atoms with Gasteiger partial charge in [0.1, 0.15) is 11.3 Å². The highest BCUT2D eigenvalue weighted by molar-refractivity contribution is 6.07. The zero-order chi connectivity index (χ0) is 24.1. The molecule has 0 aromatic heterocycles. The molecule has 4 atom stereocenters. The lowest BCUT2D eigenvalue weighted by Crippen LogP contribution is -2.73. The average Bonchev–Trinajstić information content (AvgIpc) is 3.10. The van der Waals surface area contributed by atoms with E-state index in [-0.39, 0.29) is 11.9 Å². The van der Waals surface area contributed by atoms with Crippen LogP contribution in [0.15, 0.2) is 48.5 Å². The van der Waals surface area contributed by atoms with Crippen molar-refractivity contribution in [2.45, 2.75) is 68.7 Å². The van der Waals surface area contributed by atoms with Crippen molar-refractivity contribution >= 4 is 11.9 Å². The molecule has 180 valence electrons. The summed E-state index contributed by atoms with van der Waals surface area (Å²) >= 11 is 0. The van der Waals surface area contributed by atoms with Crippen molar-refractivity contribution in [2.75, 3.05) is 13.7 Å². The number of ether oxygens (including phenoxy) is 1. The van der Waals surface area contributed by atoms with Crippen molar-refractivity contribution < 1.29 is 19.4 Å². The number of methoxy groups -OCH3 is 1. The Morgan fingerprint density at radius 1 is 1.12 bits per heavy atom. The minimum atomic E-state index is -1.09. The molecule has 2 aromatic rings. The van der Waals surface area contributed by atoms with Crippen LogP contribution in [0.5, 0.6) is 5.75 Å². The zero-order valence-electron chi connectivity index (χ0n) is 20.1. The van der Waals surface area contributed by atoms with E-state index in [1.165, 1.54) is 5.56 Å². The third kappa shape index (κ3) is 3.33. The average molecular weight is 464 g/mol. The van der Waals surface area contributed by atoms with Crippen LogP contribution in [0, 0.1) is 6.92 Å². The van der Waals surface area contributed by atoms with E-state index in [0.717, 1.165) is 30.0 Å². The normalized spacial score (nSPS) is 33.4. The van der Waals surface area contributed by atoms with Gasteiger partial charge in [0.25, 0.3) is 5.91 Å². The van der Waals surface area contributed by atoms with Crippen LogP contribution in [0.2, 0.25) is 0 Å². The molecule has 5 rings (SSSR count). The minimum Gasteiger partial charge on any atom is -0.497 e. The first-order valence-corrected chi connectivity index (χ1v) is 12.0. The number of likely N-dealkylation sites (tertiary alicyclic amines) is 1. The number of aliphatic hydroxyl groups is 1. The number of rotatable bonds is 4. The van der Waals surface area contributed by atoms with Gasteiger partial charge >= 0.3 is 6.03 Å². The van der Waals surface area contributed by atoms with Gasteiger partial charge in [-0.2, -0.15) is 0 Å². The quantitative estimate of drug-likeness (QED) is 0.607. The van der Waals surface area contributed by atoms with Crippen LogP contribution >= 0.6 is 0 Å². The maximum Gasteiger partial charge on any atom is 0.322 e. The van der Waals surface area contributed by atoms with E-state index in [0.29, 0.717) is 25.7 Å². The summed E-state index contributed by atoms with van der Waals surface area (Å²) in [6, 6.07) is 15.6. The topological polar surface area (TPSA) is 90.9 Å². The molecule has 2 heterocycles. The highest BCUT2D eigenvalue weighted by atomic mass is 16.5. The Morgan fingerprint density at radius 2 is 1.88 bits per heavy atom. The van der Waals surface area contributed by atoms with Crippen LogP contribution in [0.4, 0.5) is 4.79 Å². The molecule has 2 aliphatic heterocycles. The second-order valence-electron chi connectivity index (χ2n) is 10.2. The number of nitrogens with zero attached hydrogens (tertiary/aromatic N) is 1. The fourth-order valence-electron chi connectivity index (χ4n) is 6.71. The molecular weight excluding hydrogens is 430 g/mol. The van der Waals surface area contributed by atoms with Crippen LogP contribution in [0.1, 0.15) is 49.3 Å². The Labute approximate surface area is 200 Å². The summed E-state index contributed by atoms with van der Waals surface area (Å²) in [4.78, 5) is 27.5. The highest BCUT2D eigenvalue weighted by Gasteiger charge is 2.67. The van der Waals surface area contributed by atoms with E-state index in [1.807, 2.05) is 43.3 Å². The van der Waals surface area contributed by atoms with Gasteiger partial charge in [-0.25, -0.2) is 4.79 Å². The number of hydrogen-bond acceptors (Lipinski definition) is 5. The van der Waals surface area contributed by atoms with E-state index in [4.69, 9.17) is 4.74 Å². The molecule has 34 heavy (non-hydrogen) atoms. The van der Waals surface area contributed by atoms with Gasteiger partial charge in [0, 0.05) is 18.0 Å². The zero-order valence-corrected chi connectivity index (χ0v) is 20.1. The molecule has 1 aliphatic carbocycles. The van der Waals surface area contributed by atoms with Gasteiger partial charge in [0.2, 0.25) is 0 Å². The third-order valence-corrected chi connectivity index (χ3v) is 8.63. The number of urea groups is 1. The first kappa shape index (κ1) is 22.9. The highest BCUT2D eigenvalue weighted by Crippen LogP contribution is 2.58. The standard InChI is InChI=1S/C27H33N3O4/c1-18-9-10-21(34-3)15-22(18)25-13-14-30(16-20-7-5-4-6-8-20)19(2)27(25,33)12-11-26(17-25)23(31)28-24(32)29-26/h4-10,15,19,33H,11-14,16-17H2,1-3H3,(H2,28,29,31,32)/t19?,25-,26+,27?/m1/s1. The van der Waals surface area contributed by atoms with Gasteiger partial charge in [-0.3, -0.25) is 15.0 Å². The molecule has 2 saturated heterocycles. The number of carbonyl (C=O) groups excluding carboxylic acids is 2. The molecule has 2 unspecified atom stereocenters. The summed E-state index contributed by atoms with van der Waals surface area (Å²) in [5.41, 5.74) is 0.428. The lowest BCUT2D eigenvalue weighted by molar-refractivity contribution is -0.172. The monoisotopic (exact) mass is 463 g/mol. The smallest absolute Gasteiger partial charge is 0.322 e. The van der Waals surface area contributed by atoms with Crippen molar-refractivity contribution in [3.8, 4) is 5.75 Å². The van der Waals surface area contributed by atoms with Crippen molar-refractivity contribution in [3.05, 3.63) is 65.2 Å². The van der Waals surface area contributed by atoms with Crippen LogP contribution < -0.4 is 15.4 Å². The number of amides is 3. The van der Waals surface area contributed by atoms with Crippen molar-refractivity contribution in [1.82, 2.24) is 15.5 Å². The molecule has 3 aliphatic rings. The van der Waals surface area contributed by atoms with Crippen molar-refractivity contribution in [3.63, 3.8) is 0 Å². The molecule has 3 N–H and O–H groups in total. The second kappa shape index (κ2) is 8.10. The first-order valence-electron chi connectivity index (χ1n) is 12.0. The molecule has 7 heteroatoms. The molecule has 3 amide bonds. The number of nitrogens with one attached hydrogen (secondary N) is 2. The first-order chi connectivity index (χ1) is 16.2. The number of imide groups is 1. The minimum absolute atomic E-state index is 0.149.